The largest absolute Gasteiger partial charge is 0.493 e. The highest BCUT2D eigenvalue weighted by Gasteiger charge is 2.44. The third-order valence-electron chi connectivity index (χ3n) is 13.8. The fourth-order valence-corrected chi connectivity index (χ4v) is 10.5. The summed E-state index contributed by atoms with van der Waals surface area (Å²) in [5.41, 5.74) is 9.95. The van der Waals surface area contributed by atoms with Crippen LogP contribution in [-0.4, -0.2) is 97.1 Å². The number of aryl methyl sites for hydroxylation is 4. The van der Waals surface area contributed by atoms with E-state index in [-0.39, 0.29) is 75.7 Å². The Balaban J connectivity index is 0.764. The van der Waals surface area contributed by atoms with Crippen LogP contribution in [0.2, 0.25) is 0 Å². The number of rotatable bonds is 19. The number of nitrogens with zero attached hydrogens (tertiary/aromatic N) is 4. The van der Waals surface area contributed by atoms with Gasteiger partial charge in [0, 0.05) is 69.2 Å². The number of likely N-dealkylation sites (tertiary alicyclic amines) is 1. The molecule has 6 N–H and O–H groups in total. The van der Waals surface area contributed by atoms with E-state index >= 15 is 0 Å². The molecule has 4 atom stereocenters. The fourth-order valence-electron chi connectivity index (χ4n) is 9.73. The lowest BCUT2D eigenvalue weighted by atomic mass is 9.85. The second kappa shape index (κ2) is 22.3. The smallest absolute Gasteiger partial charge is 0.251 e. The molecular formula is C54H66N8O8S. The Bertz CT molecular complexity index is 2740. The Kier molecular flexibility index (Phi) is 16.0. The normalized spacial score (nSPS) is 17.6. The standard InChI is InChI=1S/C54H66N8O8S/c1-32-39(30-63)23-38(51(67)59-42-19-18-35-16-17-37(24-41(35)42)43-29-61-21-7-9-46(61)58-43)25-45(32)70-22-8-20-55-47(65)10-6-11-48(66)60-50(54(3,4)5)53(69)62-28-40(64)26-44(62)52(68)56-27-34-12-14-36(15-13-34)49-33(2)57-31-71-49/h12-17,23-25,29,31,40,42,44,50,63-64H,6-11,18-22,26-28,30H2,1-5H3,(H,55,65)(H,56,68)(H,59,67)(H,60,66)/t40-,42-,44+,50-/m1/s1. The minimum Gasteiger partial charge on any atom is -0.493 e. The van der Waals surface area contributed by atoms with Crippen molar-refractivity contribution >= 4 is 40.9 Å². The number of β-amino-alcohol motifs (C(OH)–C–C–N with tert-alkyl or cyclic N) is 1. The van der Waals surface area contributed by atoms with Crippen molar-refractivity contribution in [2.24, 2.45) is 5.41 Å². The summed E-state index contributed by atoms with van der Waals surface area (Å²) in [5, 5.41) is 32.6. The van der Waals surface area contributed by atoms with Crippen molar-refractivity contribution in [2.75, 3.05) is 19.7 Å². The van der Waals surface area contributed by atoms with Crippen LogP contribution in [0.15, 0.2) is 66.3 Å². The van der Waals surface area contributed by atoms with E-state index in [2.05, 4.69) is 55.2 Å². The summed E-state index contributed by atoms with van der Waals surface area (Å²) in [4.78, 5) is 78.9. The van der Waals surface area contributed by atoms with Gasteiger partial charge in [0.05, 0.1) is 47.1 Å². The Morgan fingerprint density at radius 3 is 2.45 bits per heavy atom. The Morgan fingerprint density at radius 1 is 0.944 bits per heavy atom. The molecule has 0 bridgehead atoms. The first kappa shape index (κ1) is 50.9. The van der Waals surface area contributed by atoms with Gasteiger partial charge in [-0.2, -0.15) is 0 Å². The predicted octanol–water partition coefficient (Wildman–Crippen LogP) is 6.01. The Hall–Kier alpha value is -6.43. The van der Waals surface area contributed by atoms with Crippen molar-refractivity contribution in [3.63, 3.8) is 0 Å². The molecule has 0 radical (unpaired) electrons. The molecule has 0 spiro atoms. The molecule has 0 unspecified atom stereocenters. The van der Waals surface area contributed by atoms with Crippen molar-refractivity contribution in [1.29, 1.82) is 0 Å². The number of carbonyl (C=O) groups is 5. The number of ether oxygens (including phenoxy) is 1. The minimum atomic E-state index is -0.980. The average molecular weight is 987 g/mol. The Morgan fingerprint density at radius 2 is 1.72 bits per heavy atom. The van der Waals surface area contributed by atoms with E-state index in [4.69, 9.17) is 9.72 Å². The van der Waals surface area contributed by atoms with Gasteiger partial charge in [-0.1, -0.05) is 57.2 Å². The van der Waals surface area contributed by atoms with E-state index in [1.165, 1.54) is 10.5 Å². The van der Waals surface area contributed by atoms with E-state index in [0.717, 1.165) is 82.1 Å². The molecule has 0 saturated carbocycles. The number of nitrogens with one attached hydrogen (secondary N) is 4. The number of imidazole rings is 1. The first-order valence-electron chi connectivity index (χ1n) is 24.7. The zero-order chi connectivity index (χ0) is 50.4. The monoisotopic (exact) mass is 986 g/mol. The van der Waals surface area contributed by atoms with Crippen molar-refractivity contribution in [3.8, 4) is 27.4 Å². The third kappa shape index (κ3) is 12.2. The van der Waals surface area contributed by atoms with Gasteiger partial charge >= 0.3 is 0 Å². The predicted molar refractivity (Wildman–Crippen MR) is 270 cm³/mol. The van der Waals surface area contributed by atoms with Crippen molar-refractivity contribution in [3.05, 3.63) is 111 Å². The van der Waals surface area contributed by atoms with Gasteiger partial charge in [0.1, 0.15) is 23.7 Å². The summed E-state index contributed by atoms with van der Waals surface area (Å²) in [5.74, 6) is -0.145. The third-order valence-corrected chi connectivity index (χ3v) is 14.8. The molecule has 8 rings (SSSR count). The molecule has 1 saturated heterocycles. The number of benzene rings is 3. The SMILES string of the molecule is Cc1ncsc1-c1ccc(CNC(=O)[C@@H]2C[C@@H](O)CN2C(=O)[C@@H](NC(=O)CCCC(=O)NCCCOc2cc(C(=O)N[C@@H]3CCc4ccc(-c5cn6c(n5)CCC6)cc43)cc(CO)c2C)C(C)(C)C)cc1. The summed E-state index contributed by atoms with van der Waals surface area (Å²) in [6.45, 7) is 10.8. The van der Waals surface area contributed by atoms with Crippen LogP contribution >= 0.6 is 11.3 Å². The maximum absolute atomic E-state index is 14.1. The average Bonchev–Trinajstić information content (AvgIpc) is 4.20. The van der Waals surface area contributed by atoms with Crippen LogP contribution in [0, 0.1) is 19.3 Å². The molecule has 5 aromatic rings. The molecule has 16 nitrogen and oxygen atoms in total. The molecule has 1 fully saturated rings. The molecule has 3 aromatic carbocycles. The van der Waals surface area contributed by atoms with E-state index in [1.807, 2.05) is 58.9 Å². The number of aromatic nitrogens is 3. The first-order chi connectivity index (χ1) is 34.1. The lowest BCUT2D eigenvalue weighted by Crippen LogP contribution is -2.57. The summed E-state index contributed by atoms with van der Waals surface area (Å²) in [6, 6.07) is 15.6. The molecule has 376 valence electrons. The molecule has 17 heteroatoms. The highest BCUT2D eigenvalue weighted by atomic mass is 32.1. The number of aliphatic hydroxyl groups excluding tert-OH is 2. The van der Waals surface area contributed by atoms with Gasteiger partial charge in [0.15, 0.2) is 0 Å². The van der Waals surface area contributed by atoms with Gasteiger partial charge < -0.3 is 45.7 Å². The van der Waals surface area contributed by atoms with Gasteiger partial charge in [-0.05, 0) is 103 Å². The highest BCUT2D eigenvalue weighted by molar-refractivity contribution is 7.13. The zero-order valence-electron chi connectivity index (χ0n) is 41.3. The lowest BCUT2D eigenvalue weighted by Gasteiger charge is -2.35. The van der Waals surface area contributed by atoms with Crippen LogP contribution in [0.25, 0.3) is 21.7 Å². The molecule has 71 heavy (non-hydrogen) atoms. The quantitative estimate of drug-likeness (QED) is 0.0530. The number of hydrogen-bond donors (Lipinski definition) is 6. The van der Waals surface area contributed by atoms with Gasteiger partial charge in [-0.3, -0.25) is 24.0 Å². The number of carbonyl (C=O) groups excluding carboxylic acids is 5. The molecule has 2 aliphatic heterocycles. The van der Waals surface area contributed by atoms with Crippen LogP contribution in [0.5, 0.6) is 5.75 Å². The van der Waals surface area contributed by atoms with E-state index < -0.39 is 35.4 Å². The van der Waals surface area contributed by atoms with Gasteiger partial charge in [-0.25, -0.2) is 9.97 Å². The zero-order valence-corrected chi connectivity index (χ0v) is 42.1. The van der Waals surface area contributed by atoms with E-state index in [1.54, 1.807) is 29.0 Å². The van der Waals surface area contributed by atoms with Crippen LogP contribution in [0.1, 0.15) is 121 Å². The topological polar surface area (TPSA) is 217 Å². The Labute approximate surface area is 419 Å². The molecule has 1 aliphatic carbocycles. The minimum absolute atomic E-state index is 0.00192. The summed E-state index contributed by atoms with van der Waals surface area (Å²) >= 11 is 1.57. The fraction of sp³-hybridized carbons (Fsp3) is 0.463. The number of amides is 5. The molecule has 3 aliphatic rings. The summed E-state index contributed by atoms with van der Waals surface area (Å²) < 4.78 is 8.32. The molecule has 2 aromatic heterocycles. The van der Waals surface area contributed by atoms with Gasteiger partial charge in [0.2, 0.25) is 23.6 Å². The summed E-state index contributed by atoms with van der Waals surface area (Å²) in [6.07, 6.45) is 5.86. The first-order valence-corrected chi connectivity index (χ1v) is 25.6. The summed E-state index contributed by atoms with van der Waals surface area (Å²) in [7, 11) is 0. The maximum Gasteiger partial charge on any atom is 0.251 e. The molecule has 4 heterocycles. The van der Waals surface area contributed by atoms with Gasteiger partial charge in [-0.15, -0.1) is 11.3 Å². The van der Waals surface area contributed by atoms with Gasteiger partial charge in [0.25, 0.3) is 5.91 Å². The van der Waals surface area contributed by atoms with Crippen molar-refractivity contribution < 1.29 is 38.9 Å². The number of aliphatic hydroxyl groups is 2. The van der Waals surface area contributed by atoms with E-state index in [0.29, 0.717) is 29.8 Å². The van der Waals surface area contributed by atoms with Crippen LogP contribution < -0.4 is 26.0 Å². The van der Waals surface area contributed by atoms with E-state index in [9.17, 15) is 34.2 Å². The van der Waals surface area contributed by atoms with Crippen molar-refractivity contribution in [2.45, 2.75) is 136 Å². The van der Waals surface area contributed by atoms with Crippen LogP contribution in [0.3, 0.4) is 0 Å². The number of hydrogen-bond acceptors (Lipinski definition) is 11. The number of fused-ring (bicyclic) bond motifs is 2. The lowest BCUT2D eigenvalue weighted by molar-refractivity contribution is -0.144. The van der Waals surface area contributed by atoms with Crippen LogP contribution in [-0.2, 0) is 51.7 Å². The van der Waals surface area contributed by atoms with Crippen molar-refractivity contribution in [1.82, 2.24) is 40.7 Å². The molecule has 5 amide bonds. The maximum atomic E-state index is 14.1. The molecular weight excluding hydrogens is 921 g/mol. The number of thiazole rings is 1. The second-order valence-corrected chi connectivity index (χ2v) is 20.9. The van der Waals surface area contributed by atoms with Crippen LogP contribution in [0.4, 0.5) is 0 Å². The highest BCUT2D eigenvalue weighted by Crippen LogP contribution is 2.36. The second-order valence-electron chi connectivity index (χ2n) is 20.1.